The highest BCUT2D eigenvalue weighted by molar-refractivity contribution is 6.30. The van der Waals surface area contributed by atoms with Crippen LogP contribution in [-0.4, -0.2) is 23.2 Å². The molecule has 1 saturated carbocycles. The van der Waals surface area contributed by atoms with Gasteiger partial charge in [-0.25, -0.2) is 0 Å². The Morgan fingerprint density at radius 1 is 1.12 bits per heavy atom. The molecule has 1 amide bonds. The van der Waals surface area contributed by atoms with Crippen LogP contribution in [0.15, 0.2) is 42.5 Å². The van der Waals surface area contributed by atoms with E-state index in [1.54, 1.807) is 0 Å². The van der Waals surface area contributed by atoms with E-state index in [1.165, 1.54) is 0 Å². The lowest BCUT2D eigenvalue weighted by molar-refractivity contribution is 0.0867. The van der Waals surface area contributed by atoms with Crippen LogP contribution in [0, 0.1) is 6.92 Å². The molecule has 4 heteroatoms. The number of rotatable bonds is 3. The van der Waals surface area contributed by atoms with Gasteiger partial charge in [0.15, 0.2) is 0 Å². The minimum absolute atomic E-state index is 0.0575. The van der Waals surface area contributed by atoms with Gasteiger partial charge in [-0.05, 0) is 73.6 Å². The van der Waals surface area contributed by atoms with Crippen LogP contribution in [0.2, 0.25) is 5.02 Å². The molecule has 0 aromatic heterocycles. The van der Waals surface area contributed by atoms with Gasteiger partial charge in [0.2, 0.25) is 0 Å². The average molecular weight is 344 g/mol. The molecular formula is C20H22ClNO2. The van der Waals surface area contributed by atoms with Crippen molar-refractivity contribution in [1.82, 2.24) is 5.32 Å². The van der Waals surface area contributed by atoms with Gasteiger partial charge in [0, 0.05) is 16.6 Å². The van der Waals surface area contributed by atoms with E-state index in [0.717, 1.165) is 42.4 Å². The van der Waals surface area contributed by atoms with Crippen LogP contribution in [0.3, 0.4) is 0 Å². The first-order chi connectivity index (χ1) is 11.5. The monoisotopic (exact) mass is 343 g/mol. The smallest absolute Gasteiger partial charge is 0.251 e. The predicted molar refractivity (Wildman–Crippen MR) is 97.4 cm³/mol. The first-order valence-corrected chi connectivity index (χ1v) is 8.76. The number of aryl methyl sites for hydroxylation is 1. The van der Waals surface area contributed by atoms with Crippen molar-refractivity contribution in [2.45, 2.75) is 44.8 Å². The van der Waals surface area contributed by atoms with Gasteiger partial charge in [-0.1, -0.05) is 29.8 Å². The maximum Gasteiger partial charge on any atom is 0.251 e. The maximum absolute atomic E-state index is 12.5. The summed E-state index contributed by atoms with van der Waals surface area (Å²) in [6.45, 7) is 2.03. The van der Waals surface area contributed by atoms with E-state index in [2.05, 4.69) is 5.32 Å². The lowest BCUT2D eigenvalue weighted by Gasteiger charge is -2.26. The highest BCUT2D eigenvalue weighted by Gasteiger charge is 2.21. The van der Waals surface area contributed by atoms with E-state index in [9.17, 15) is 9.90 Å². The summed E-state index contributed by atoms with van der Waals surface area (Å²) in [7, 11) is 0. The van der Waals surface area contributed by atoms with E-state index in [0.29, 0.717) is 10.6 Å². The third-order valence-electron chi connectivity index (χ3n) is 4.67. The van der Waals surface area contributed by atoms with Crippen LogP contribution in [0.1, 0.15) is 41.6 Å². The zero-order valence-electron chi connectivity index (χ0n) is 13.8. The molecule has 0 aliphatic heterocycles. The molecule has 0 bridgehead atoms. The van der Waals surface area contributed by atoms with Gasteiger partial charge in [0.25, 0.3) is 5.91 Å². The number of halogens is 1. The maximum atomic E-state index is 12.5. The highest BCUT2D eigenvalue weighted by atomic mass is 35.5. The van der Waals surface area contributed by atoms with E-state index in [1.807, 2.05) is 49.4 Å². The number of hydrogen-bond donors (Lipinski definition) is 2. The van der Waals surface area contributed by atoms with E-state index >= 15 is 0 Å². The second kappa shape index (κ2) is 7.37. The quantitative estimate of drug-likeness (QED) is 0.870. The molecule has 0 heterocycles. The zero-order chi connectivity index (χ0) is 17.1. The molecule has 0 atom stereocenters. The summed E-state index contributed by atoms with van der Waals surface area (Å²) in [6, 6.07) is 13.6. The molecule has 1 aliphatic carbocycles. The Balaban J connectivity index is 1.77. The number of amides is 1. The SMILES string of the molecule is Cc1ccc(Cl)cc1-c1cccc(C(=O)N[C@H]2CC[C@H](O)CC2)c1. The van der Waals surface area contributed by atoms with Crippen LogP contribution in [0.4, 0.5) is 0 Å². The van der Waals surface area contributed by atoms with E-state index in [4.69, 9.17) is 11.6 Å². The summed E-state index contributed by atoms with van der Waals surface area (Å²) < 4.78 is 0. The predicted octanol–water partition coefficient (Wildman–Crippen LogP) is 4.35. The minimum Gasteiger partial charge on any atom is -0.393 e. The number of carbonyl (C=O) groups is 1. The fraction of sp³-hybridized carbons (Fsp3) is 0.350. The number of aliphatic hydroxyl groups excluding tert-OH is 1. The highest BCUT2D eigenvalue weighted by Crippen LogP contribution is 2.27. The van der Waals surface area contributed by atoms with Gasteiger partial charge in [0.05, 0.1) is 6.10 Å². The van der Waals surface area contributed by atoms with Crippen molar-refractivity contribution in [1.29, 1.82) is 0 Å². The van der Waals surface area contributed by atoms with Crippen molar-refractivity contribution in [2.24, 2.45) is 0 Å². The molecule has 3 rings (SSSR count). The molecule has 1 aliphatic rings. The van der Waals surface area contributed by atoms with Crippen molar-refractivity contribution in [3.05, 3.63) is 58.6 Å². The van der Waals surface area contributed by atoms with Crippen LogP contribution in [0.5, 0.6) is 0 Å². The lowest BCUT2D eigenvalue weighted by atomic mass is 9.93. The second-order valence-corrected chi connectivity index (χ2v) is 6.96. The molecule has 0 radical (unpaired) electrons. The minimum atomic E-state index is -0.215. The molecule has 0 spiro atoms. The fourth-order valence-corrected chi connectivity index (χ4v) is 3.39. The summed E-state index contributed by atoms with van der Waals surface area (Å²) in [5.74, 6) is -0.0575. The van der Waals surface area contributed by atoms with Crippen molar-refractivity contribution in [2.75, 3.05) is 0 Å². The van der Waals surface area contributed by atoms with Crippen LogP contribution in [0.25, 0.3) is 11.1 Å². The molecule has 2 aromatic carbocycles. The van der Waals surface area contributed by atoms with Crippen LogP contribution in [-0.2, 0) is 0 Å². The Morgan fingerprint density at radius 2 is 1.88 bits per heavy atom. The Hall–Kier alpha value is -1.84. The van der Waals surface area contributed by atoms with Gasteiger partial charge < -0.3 is 10.4 Å². The molecule has 2 aromatic rings. The van der Waals surface area contributed by atoms with E-state index in [-0.39, 0.29) is 18.1 Å². The molecule has 0 unspecified atom stereocenters. The third-order valence-corrected chi connectivity index (χ3v) is 4.90. The lowest BCUT2D eigenvalue weighted by Crippen LogP contribution is -2.38. The van der Waals surface area contributed by atoms with Gasteiger partial charge in [-0.2, -0.15) is 0 Å². The number of nitrogens with one attached hydrogen (secondary N) is 1. The Labute approximate surface area is 147 Å². The van der Waals surface area contributed by atoms with Crippen molar-refractivity contribution >= 4 is 17.5 Å². The van der Waals surface area contributed by atoms with Gasteiger partial charge in [0.1, 0.15) is 0 Å². The zero-order valence-corrected chi connectivity index (χ0v) is 14.5. The third kappa shape index (κ3) is 3.97. The summed E-state index contributed by atoms with van der Waals surface area (Å²) in [6.07, 6.45) is 2.96. The Morgan fingerprint density at radius 3 is 2.62 bits per heavy atom. The first kappa shape index (κ1) is 17.0. The van der Waals surface area contributed by atoms with Crippen molar-refractivity contribution < 1.29 is 9.90 Å². The summed E-state index contributed by atoms with van der Waals surface area (Å²) in [4.78, 5) is 12.5. The largest absolute Gasteiger partial charge is 0.393 e. The van der Waals surface area contributed by atoms with E-state index < -0.39 is 0 Å². The number of aliphatic hydroxyl groups is 1. The molecular weight excluding hydrogens is 322 g/mol. The van der Waals surface area contributed by atoms with Crippen molar-refractivity contribution in [3.63, 3.8) is 0 Å². The molecule has 126 valence electrons. The Bertz CT molecular complexity index is 736. The topological polar surface area (TPSA) is 49.3 Å². The van der Waals surface area contributed by atoms with Gasteiger partial charge in [-0.15, -0.1) is 0 Å². The molecule has 24 heavy (non-hydrogen) atoms. The molecule has 2 N–H and O–H groups in total. The van der Waals surface area contributed by atoms with Gasteiger partial charge in [-0.3, -0.25) is 4.79 Å². The Kier molecular flexibility index (Phi) is 5.22. The summed E-state index contributed by atoms with van der Waals surface area (Å²) in [5.41, 5.74) is 3.80. The molecule has 1 fully saturated rings. The molecule has 3 nitrogen and oxygen atoms in total. The van der Waals surface area contributed by atoms with Crippen LogP contribution >= 0.6 is 11.6 Å². The normalized spacial score (nSPS) is 20.6. The van der Waals surface area contributed by atoms with Crippen molar-refractivity contribution in [3.8, 4) is 11.1 Å². The number of carbonyl (C=O) groups excluding carboxylic acids is 1. The first-order valence-electron chi connectivity index (χ1n) is 8.38. The molecule has 0 saturated heterocycles. The summed E-state index contributed by atoms with van der Waals surface area (Å²) in [5, 5.41) is 13.3. The second-order valence-electron chi connectivity index (χ2n) is 6.52. The van der Waals surface area contributed by atoms with Gasteiger partial charge >= 0.3 is 0 Å². The number of benzene rings is 2. The average Bonchev–Trinajstić information content (AvgIpc) is 2.59. The summed E-state index contributed by atoms with van der Waals surface area (Å²) >= 11 is 6.11. The van der Waals surface area contributed by atoms with Crippen LogP contribution < -0.4 is 5.32 Å². The number of hydrogen-bond acceptors (Lipinski definition) is 2. The standard InChI is InChI=1S/C20H22ClNO2/c1-13-5-6-16(21)12-19(13)14-3-2-4-15(11-14)20(24)22-17-7-9-18(23)10-8-17/h2-6,11-12,17-18,23H,7-10H2,1H3,(H,22,24)/t17-,18-. The fourth-order valence-electron chi connectivity index (χ4n) is 3.22.